The maximum absolute atomic E-state index is 11.4. The summed E-state index contributed by atoms with van der Waals surface area (Å²) in [5, 5.41) is 0. The van der Waals surface area contributed by atoms with Gasteiger partial charge in [0.25, 0.3) is 0 Å². The van der Waals surface area contributed by atoms with Crippen molar-refractivity contribution in [3.63, 3.8) is 0 Å². The van der Waals surface area contributed by atoms with E-state index in [1.165, 1.54) is 16.7 Å². The zero-order valence-electron chi connectivity index (χ0n) is 13.1. The SMILES string of the molecule is CCCC/C(=C(\Br)c1ccccc1)c1ccc(C(C)=O)cc1. The minimum Gasteiger partial charge on any atom is -0.295 e. The van der Waals surface area contributed by atoms with Gasteiger partial charge in [-0.15, -0.1) is 0 Å². The fourth-order valence-corrected chi connectivity index (χ4v) is 3.09. The Kier molecular flexibility index (Phi) is 6.14. The zero-order chi connectivity index (χ0) is 15.9. The molecule has 0 heterocycles. The number of hydrogen-bond acceptors (Lipinski definition) is 1. The molecule has 2 heteroatoms. The molecule has 0 saturated heterocycles. The Morgan fingerprint density at radius 1 is 0.909 bits per heavy atom. The summed E-state index contributed by atoms with van der Waals surface area (Å²) < 4.78 is 1.14. The lowest BCUT2D eigenvalue weighted by Gasteiger charge is -2.12. The van der Waals surface area contributed by atoms with Crippen molar-refractivity contribution in [3.05, 3.63) is 71.3 Å². The van der Waals surface area contributed by atoms with Gasteiger partial charge in [-0.2, -0.15) is 0 Å². The van der Waals surface area contributed by atoms with Crippen molar-refractivity contribution in [1.29, 1.82) is 0 Å². The quantitative estimate of drug-likeness (QED) is 0.435. The van der Waals surface area contributed by atoms with Crippen LogP contribution in [0, 0.1) is 0 Å². The van der Waals surface area contributed by atoms with Crippen molar-refractivity contribution in [3.8, 4) is 0 Å². The molecule has 0 N–H and O–H groups in total. The molecule has 2 aromatic rings. The summed E-state index contributed by atoms with van der Waals surface area (Å²) in [4.78, 5) is 11.4. The highest BCUT2D eigenvalue weighted by Crippen LogP contribution is 2.34. The fourth-order valence-electron chi connectivity index (χ4n) is 2.40. The van der Waals surface area contributed by atoms with Crippen molar-refractivity contribution in [2.24, 2.45) is 0 Å². The molecule has 0 radical (unpaired) electrons. The van der Waals surface area contributed by atoms with Gasteiger partial charge < -0.3 is 0 Å². The summed E-state index contributed by atoms with van der Waals surface area (Å²) in [6.07, 6.45) is 3.32. The van der Waals surface area contributed by atoms with E-state index in [0.29, 0.717) is 0 Å². The molecule has 0 saturated carbocycles. The van der Waals surface area contributed by atoms with Crippen LogP contribution in [0.3, 0.4) is 0 Å². The number of unbranched alkanes of at least 4 members (excludes halogenated alkanes) is 1. The Bertz CT molecular complexity index is 654. The van der Waals surface area contributed by atoms with Crippen molar-refractivity contribution >= 4 is 31.8 Å². The average molecular weight is 357 g/mol. The molecule has 0 atom stereocenters. The first-order chi connectivity index (χ1) is 10.6. The molecular weight excluding hydrogens is 336 g/mol. The first-order valence-electron chi connectivity index (χ1n) is 7.69. The third-order valence-electron chi connectivity index (χ3n) is 3.71. The number of carbonyl (C=O) groups excluding carboxylic acids is 1. The van der Waals surface area contributed by atoms with Crippen LogP contribution in [0.5, 0.6) is 0 Å². The molecule has 0 aliphatic carbocycles. The Balaban J connectivity index is 2.43. The van der Waals surface area contributed by atoms with Crippen LogP contribution in [-0.4, -0.2) is 5.78 Å². The molecule has 0 bridgehead atoms. The summed E-state index contributed by atoms with van der Waals surface area (Å²) in [5.41, 5.74) is 4.41. The normalized spacial score (nSPS) is 12.0. The molecule has 1 nitrogen and oxygen atoms in total. The Hall–Kier alpha value is -1.67. The Morgan fingerprint density at radius 3 is 2.05 bits per heavy atom. The minimum absolute atomic E-state index is 0.104. The second kappa shape index (κ2) is 8.09. The molecule has 2 rings (SSSR count). The van der Waals surface area contributed by atoms with Gasteiger partial charge >= 0.3 is 0 Å². The van der Waals surface area contributed by atoms with Gasteiger partial charge in [0.2, 0.25) is 0 Å². The molecule has 0 fully saturated rings. The number of benzene rings is 2. The number of carbonyl (C=O) groups is 1. The smallest absolute Gasteiger partial charge is 0.159 e. The molecule has 22 heavy (non-hydrogen) atoms. The van der Waals surface area contributed by atoms with Crippen LogP contribution in [0.1, 0.15) is 54.6 Å². The van der Waals surface area contributed by atoms with E-state index in [9.17, 15) is 4.79 Å². The highest BCUT2D eigenvalue weighted by atomic mass is 79.9. The topological polar surface area (TPSA) is 17.1 Å². The standard InChI is InChI=1S/C20H21BrO/c1-3-4-10-19(20(21)18-8-6-5-7-9-18)17-13-11-16(12-14-17)15(2)22/h5-9,11-14H,3-4,10H2,1-2H3/b20-19+. The Morgan fingerprint density at radius 2 is 1.50 bits per heavy atom. The third kappa shape index (κ3) is 4.17. The summed E-state index contributed by atoms with van der Waals surface area (Å²) in [5.74, 6) is 0.104. The average Bonchev–Trinajstić information content (AvgIpc) is 2.56. The maximum atomic E-state index is 11.4. The van der Waals surface area contributed by atoms with E-state index < -0.39 is 0 Å². The van der Waals surface area contributed by atoms with E-state index in [2.05, 4.69) is 35.0 Å². The predicted molar refractivity (Wildman–Crippen MR) is 98.2 cm³/mol. The highest BCUT2D eigenvalue weighted by Gasteiger charge is 2.10. The van der Waals surface area contributed by atoms with E-state index in [1.807, 2.05) is 42.5 Å². The molecular formula is C20H21BrO. The van der Waals surface area contributed by atoms with Gasteiger partial charge in [0, 0.05) is 10.0 Å². The van der Waals surface area contributed by atoms with Crippen LogP contribution >= 0.6 is 15.9 Å². The van der Waals surface area contributed by atoms with Crippen molar-refractivity contribution in [2.45, 2.75) is 33.1 Å². The van der Waals surface area contributed by atoms with Crippen LogP contribution in [-0.2, 0) is 0 Å². The zero-order valence-corrected chi connectivity index (χ0v) is 14.7. The molecule has 2 aromatic carbocycles. The van der Waals surface area contributed by atoms with Crippen LogP contribution in [0.25, 0.3) is 10.1 Å². The van der Waals surface area contributed by atoms with E-state index >= 15 is 0 Å². The van der Waals surface area contributed by atoms with E-state index in [-0.39, 0.29) is 5.78 Å². The molecule has 0 aromatic heterocycles. The van der Waals surface area contributed by atoms with Gasteiger partial charge in [-0.1, -0.05) is 67.9 Å². The lowest BCUT2D eigenvalue weighted by molar-refractivity contribution is 0.101. The van der Waals surface area contributed by atoms with E-state index in [1.54, 1.807) is 6.92 Å². The van der Waals surface area contributed by atoms with Crippen LogP contribution in [0.4, 0.5) is 0 Å². The molecule has 0 aliphatic heterocycles. The first-order valence-corrected chi connectivity index (χ1v) is 8.48. The predicted octanol–water partition coefficient (Wildman–Crippen LogP) is 6.34. The first kappa shape index (κ1) is 16.7. The largest absolute Gasteiger partial charge is 0.295 e. The van der Waals surface area contributed by atoms with Gasteiger partial charge in [-0.25, -0.2) is 0 Å². The van der Waals surface area contributed by atoms with Crippen molar-refractivity contribution in [2.75, 3.05) is 0 Å². The number of Topliss-reactive ketones (excluding diaryl/α,β-unsaturated/α-hetero) is 1. The summed E-state index contributed by atoms with van der Waals surface area (Å²) in [7, 11) is 0. The summed E-state index contributed by atoms with van der Waals surface area (Å²) in [6, 6.07) is 18.3. The third-order valence-corrected chi connectivity index (χ3v) is 4.65. The van der Waals surface area contributed by atoms with Crippen LogP contribution in [0.2, 0.25) is 0 Å². The van der Waals surface area contributed by atoms with Crippen LogP contribution in [0.15, 0.2) is 54.6 Å². The van der Waals surface area contributed by atoms with Crippen molar-refractivity contribution in [1.82, 2.24) is 0 Å². The number of ketones is 1. The summed E-state index contributed by atoms with van der Waals surface area (Å²) in [6.45, 7) is 3.80. The lowest BCUT2D eigenvalue weighted by Crippen LogP contribution is -1.94. The number of allylic oxidation sites excluding steroid dienone is 1. The van der Waals surface area contributed by atoms with Gasteiger partial charge in [0.15, 0.2) is 5.78 Å². The van der Waals surface area contributed by atoms with Gasteiger partial charge in [-0.3, -0.25) is 4.79 Å². The minimum atomic E-state index is 0.104. The van der Waals surface area contributed by atoms with E-state index in [0.717, 1.165) is 29.3 Å². The van der Waals surface area contributed by atoms with Gasteiger partial charge in [-0.05, 0) is 52.4 Å². The fraction of sp³-hybridized carbons (Fsp3) is 0.250. The second-order valence-corrected chi connectivity index (χ2v) is 6.19. The Labute approximate surface area is 141 Å². The summed E-state index contributed by atoms with van der Waals surface area (Å²) >= 11 is 3.78. The molecule has 0 amide bonds. The van der Waals surface area contributed by atoms with Gasteiger partial charge in [0.1, 0.15) is 0 Å². The van der Waals surface area contributed by atoms with Crippen molar-refractivity contribution < 1.29 is 4.79 Å². The second-order valence-electron chi connectivity index (χ2n) is 5.40. The monoisotopic (exact) mass is 356 g/mol. The molecule has 114 valence electrons. The van der Waals surface area contributed by atoms with Crippen LogP contribution < -0.4 is 0 Å². The van der Waals surface area contributed by atoms with E-state index in [4.69, 9.17) is 0 Å². The molecule has 0 spiro atoms. The number of halogens is 1. The molecule has 0 aliphatic rings. The lowest BCUT2D eigenvalue weighted by atomic mass is 9.96. The van der Waals surface area contributed by atoms with Gasteiger partial charge in [0.05, 0.1) is 0 Å². The molecule has 0 unspecified atom stereocenters. The maximum Gasteiger partial charge on any atom is 0.159 e. The highest BCUT2D eigenvalue weighted by molar-refractivity contribution is 9.15. The number of hydrogen-bond donors (Lipinski definition) is 0. The number of rotatable bonds is 6.